The molecule has 96 valence electrons. The van der Waals surface area contributed by atoms with Crippen molar-refractivity contribution < 1.29 is 4.74 Å². The van der Waals surface area contributed by atoms with Gasteiger partial charge in [0.2, 0.25) is 0 Å². The van der Waals surface area contributed by atoms with Crippen LogP contribution < -0.4 is 5.32 Å². The summed E-state index contributed by atoms with van der Waals surface area (Å²) >= 11 is 0. The first-order valence-corrected chi connectivity index (χ1v) is 6.67. The Labute approximate surface area is 101 Å². The Kier molecular flexibility index (Phi) is 7.01. The number of rotatable bonds is 10. The second-order valence-corrected chi connectivity index (χ2v) is 5.13. The van der Waals surface area contributed by atoms with Gasteiger partial charge in [-0.25, -0.2) is 0 Å². The Morgan fingerprint density at radius 3 is 2.62 bits per heavy atom. The molecule has 1 rings (SSSR count). The third-order valence-corrected chi connectivity index (χ3v) is 3.20. The average molecular weight is 228 g/mol. The molecule has 3 nitrogen and oxygen atoms in total. The Bertz CT molecular complexity index is 169. The van der Waals surface area contributed by atoms with Crippen molar-refractivity contribution in [2.75, 3.05) is 39.9 Å². The molecule has 16 heavy (non-hydrogen) atoms. The molecule has 1 aliphatic carbocycles. The third kappa shape index (κ3) is 6.46. The van der Waals surface area contributed by atoms with Crippen LogP contribution in [0.3, 0.4) is 0 Å². The van der Waals surface area contributed by atoms with E-state index in [1.807, 2.05) is 0 Å². The summed E-state index contributed by atoms with van der Waals surface area (Å²) in [4.78, 5) is 2.60. The number of methoxy groups -OCH3 is 1. The van der Waals surface area contributed by atoms with E-state index in [4.69, 9.17) is 4.74 Å². The molecule has 1 aliphatic rings. The van der Waals surface area contributed by atoms with Gasteiger partial charge in [0, 0.05) is 39.4 Å². The monoisotopic (exact) mass is 228 g/mol. The second kappa shape index (κ2) is 8.04. The molecule has 1 fully saturated rings. The van der Waals surface area contributed by atoms with Crippen LogP contribution in [-0.4, -0.2) is 50.8 Å². The molecule has 0 heterocycles. The highest BCUT2D eigenvalue weighted by atomic mass is 16.5. The van der Waals surface area contributed by atoms with Crippen LogP contribution in [0.2, 0.25) is 0 Å². The van der Waals surface area contributed by atoms with Crippen molar-refractivity contribution in [3.05, 3.63) is 0 Å². The molecular formula is C13H28N2O. The van der Waals surface area contributed by atoms with Crippen molar-refractivity contribution in [3.8, 4) is 0 Å². The summed E-state index contributed by atoms with van der Waals surface area (Å²) in [5.41, 5.74) is 0. The molecule has 0 bridgehead atoms. The summed E-state index contributed by atoms with van der Waals surface area (Å²) in [5.74, 6) is 0.996. The van der Waals surface area contributed by atoms with Crippen LogP contribution in [0.15, 0.2) is 0 Å². The van der Waals surface area contributed by atoms with Gasteiger partial charge in [-0.2, -0.15) is 0 Å². The van der Waals surface area contributed by atoms with Gasteiger partial charge in [-0.15, -0.1) is 0 Å². The van der Waals surface area contributed by atoms with E-state index in [-0.39, 0.29) is 0 Å². The van der Waals surface area contributed by atoms with Crippen molar-refractivity contribution in [2.24, 2.45) is 5.92 Å². The minimum Gasteiger partial charge on any atom is -0.385 e. The van der Waals surface area contributed by atoms with Gasteiger partial charge in [0.15, 0.2) is 0 Å². The average Bonchev–Trinajstić information content (AvgIpc) is 3.05. The maximum atomic E-state index is 5.02. The van der Waals surface area contributed by atoms with E-state index in [9.17, 15) is 0 Å². The van der Waals surface area contributed by atoms with Gasteiger partial charge in [0.05, 0.1) is 0 Å². The molecule has 0 radical (unpaired) electrons. The lowest BCUT2D eigenvalue weighted by Gasteiger charge is -2.26. The molecule has 0 saturated heterocycles. The summed E-state index contributed by atoms with van der Waals surface area (Å²) in [5, 5.41) is 3.48. The molecule has 0 aliphatic heterocycles. The number of hydrogen-bond donors (Lipinski definition) is 1. The maximum Gasteiger partial charge on any atom is 0.0474 e. The van der Waals surface area contributed by atoms with Crippen molar-refractivity contribution in [1.29, 1.82) is 0 Å². The van der Waals surface area contributed by atoms with Crippen LogP contribution in [0.5, 0.6) is 0 Å². The van der Waals surface area contributed by atoms with Gasteiger partial charge in [-0.05, 0) is 45.6 Å². The topological polar surface area (TPSA) is 24.5 Å². The molecule has 0 aromatic heterocycles. The highest BCUT2D eigenvalue weighted by Crippen LogP contribution is 2.30. The van der Waals surface area contributed by atoms with Crippen LogP contribution in [0.4, 0.5) is 0 Å². The molecule has 0 spiro atoms. The number of hydrogen-bond acceptors (Lipinski definition) is 3. The molecule has 0 atom stereocenters. The van der Waals surface area contributed by atoms with Crippen LogP contribution >= 0.6 is 0 Å². The van der Waals surface area contributed by atoms with Crippen LogP contribution in [0.1, 0.15) is 33.1 Å². The van der Waals surface area contributed by atoms with Gasteiger partial charge in [0.25, 0.3) is 0 Å². The highest BCUT2D eigenvalue weighted by Gasteiger charge is 2.24. The third-order valence-electron chi connectivity index (χ3n) is 3.20. The molecule has 1 saturated carbocycles. The highest BCUT2D eigenvalue weighted by molar-refractivity contribution is 4.78. The van der Waals surface area contributed by atoms with Crippen LogP contribution in [0.25, 0.3) is 0 Å². The fourth-order valence-corrected chi connectivity index (χ4v) is 1.88. The van der Waals surface area contributed by atoms with E-state index in [1.54, 1.807) is 7.11 Å². The molecule has 0 amide bonds. The zero-order valence-electron chi connectivity index (χ0n) is 11.2. The predicted molar refractivity (Wildman–Crippen MR) is 68.8 cm³/mol. The standard InChI is InChI=1S/C13H28N2O/c1-12(2)15(11-13-5-6-13)9-8-14-7-4-10-16-3/h12-14H,4-11H2,1-3H3. The molecular weight excluding hydrogens is 200 g/mol. The van der Waals surface area contributed by atoms with Crippen molar-refractivity contribution in [2.45, 2.75) is 39.2 Å². The van der Waals surface area contributed by atoms with Gasteiger partial charge < -0.3 is 10.1 Å². The fraction of sp³-hybridized carbons (Fsp3) is 1.00. The predicted octanol–water partition coefficient (Wildman–Crippen LogP) is 1.73. The minimum atomic E-state index is 0.682. The van der Waals surface area contributed by atoms with E-state index in [0.29, 0.717) is 6.04 Å². The molecule has 0 aromatic carbocycles. The second-order valence-electron chi connectivity index (χ2n) is 5.13. The fourth-order valence-electron chi connectivity index (χ4n) is 1.88. The van der Waals surface area contributed by atoms with Gasteiger partial charge in [-0.3, -0.25) is 4.90 Å². The van der Waals surface area contributed by atoms with Crippen molar-refractivity contribution in [1.82, 2.24) is 10.2 Å². The Morgan fingerprint density at radius 1 is 1.31 bits per heavy atom. The number of nitrogens with one attached hydrogen (secondary N) is 1. The Hall–Kier alpha value is -0.120. The van der Waals surface area contributed by atoms with Crippen molar-refractivity contribution >= 4 is 0 Å². The molecule has 1 N–H and O–H groups in total. The first-order chi connectivity index (χ1) is 7.74. The summed E-state index contributed by atoms with van der Waals surface area (Å²) in [6.07, 6.45) is 4.01. The van der Waals surface area contributed by atoms with Crippen LogP contribution in [0, 0.1) is 5.92 Å². The molecule has 3 heteroatoms. The van der Waals surface area contributed by atoms with E-state index >= 15 is 0 Å². The lowest BCUT2D eigenvalue weighted by molar-refractivity contribution is 0.190. The largest absolute Gasteiger partial charge is 0.385 e. The minimum absolute atomic E-state index is 0.682. The maximum absolute atomic E-state index is 5.02. The van der Waals surface area contributed by atoms with Crippen molar-refractivity contribution in [3.63, 3.8) is 0 Å². The lowest BCUT2D eigenvalue weighted by atomic mass is 10.2. The summed E-state index contributed by atoms with van der Waals surface area (Å²) in [6, 6.07) is 0.682. The SMILES string of the molecule is COCCCNCCN(CC1CC1)C(C)C. The van der Waals surface area contributed by atoms with E-state index in [1.165, 1.54) is 25.9 Å². The Balaban J connectivity index is 1.98. The van der Waals surface area contributed by atoms with Gasteiger partial charge in [0.1, 0.15) is 0 Å². The zero-order chi connectivity index (χ0) is 11.8. The first kappa shape index (κ1) is 13.9. The lowest BCUT2D eigenvalue weighted by Crippen LogP contribution is -2.38. The van der Waals surface area contributed by atoms with E-state index < -0.39 is 0 Å². The number of nitrogens with zero attached hydrogens (tertiary/aromatic N) is 1. The zero-order valence-corrected chi connectivity index (χ0v) is 11.2. The van der Waals surface area contributed by atoms with E-state index in [2.05, 4.69) is 24.1 Å². The first-order valence-electron chi connectivity index (χ1n) is 6.67. The smallest absolute Gasteiger partial charge is 0.0474 e. The normalized spacial score (nSPS) is 16.3. The molecule has 0 aromatic rings. The number of ether oxygens (including phenoxy) is 1. The van der Waals surface area contributed by atoms with Gasteiger partial charge in [-0.1, -0.05) is 0 Å². The summed E-state index contributed by atoms with van der Waals surface area (Å²) in [7, 11) is 1.76. The summed E-state index contributed by atoms with van der Waals surface area (Å²) in [6.45, 7) is 10.1. The Morgan fingerprint density at radius 2 is 2.06 bits per heavy atom. The molecule has 0 unspecified atom stereocenters. The summed E-state index contributed by atoms with van der Waals surface area (Å²) < 4.78 is 5.02. The van der Waals surface area contributed by atoms with E-state index in [0.717, 1.165) is 32.0 Å². The van der Waals surface area contributed by atoms with Crippen LogP contribution in [-0.2, 0) is 4.74 Å². The van der Waals surface area contributed by atoms with Gasteiger partial charge >= 0.3 is 0 Å². The quantitative estimate of drug-likeness (QED) is 0.576.